The molecular weight excluding hydrogens is 430 g/mol. The molecule has 0 aromatic heterocycles. The zero-order valence-corrected chi connectivity index (χ0v) is 21.0. The van der Waals surface area contributed by atoms with Crippen LogP contribution in [0.3, 0.4) is 0 Å². The molecule has 0 bridgehead atoms. The Kier molecular flexibility index (Phi) is 5.91. The van der Waals surface area contributed by atoms with E-state index >= 15 is 0 Å². The molecule has 2 aromatic carbocycles. The molecular formula is C27H31N3O2S. The summed E-state index contributed by atoms with van der Waals surface area (Å²) in [5.74, 6) is -0.487. The summed E-state index contributed by atoms with van der Waals surface area (Å²) < 4.78 is 0. The zero-order chi connectivity index (χ0) is 24.1. The Morgan fingerprint density at radius 1 is 1.15 bits per heavy atom. The van der Waals surface area contributed by atoms with Gasteiger partial charge in [-0.25, -0.2) is 0 Å². The van der Waals surface area contributed by atoms with Gasteiger partial charge in [-0.15, -0.1) is 0 Å². The molecule has 1 atom stereocenters. The molecule has 0 saturated carbocycles. The Hall–Kier alpha value is -2.99. The monoisotopic (exact) mass is 461 g/mol. The molecule has 2 aliphatic rings. The van der Waals surface area contributed by atoms with Crippen molar-refractivity contribution in [3.63, 3.8) is 0 Å². The lowest BCUT2D eigenvalue weighted by molar-refractivity contribution is -0.122. The van der Waals surface area contributed by atoms with Crippen LogP contribution in [0.2, 0.25) is 0 Å². The van der Waals surface area contributed by atoms with Crippen molar-refractivity contribution in [2.24, 2.45) is 0 Å². The average molecular weight is 462 g/mol. The van der Waals surface area contributed by atoms with Crippen molar-refractivity contribution in [2.45, 2.75) is 59.4 Å². The van der Waals surface area contributed by atoms with E-state index in [-0.39, 0.29) is 16.2 Å². The van der Waals surface area contributed by atoms with Crippen molar-refractivity contribution in [1.82, 2.24) is 5.32 Å². The number of aryl methyl sites for hydroxylation is 1. The number of carbonyl (C=O) groups excluding carboxylic acids is 2. The molecule has 1 saturated heterocycles. The molecule has 2 heterocycles. The summed E-state index contributed by atoms with van der Waals surface area (Å²) in [7, 11) is 0. The quantitative estimate of drug-likeness (QED) is 0.386. The van der Waals surface area contributed by atoms with Gasteiger partial charge in [0.25, 0.3) is 11.8 Å². The third-order valence-electron chi connectivity index (χ3n) is 6.96. The highest BCUT2D eigenvalue weighted by atomic mass is 32.1. The number of carbonyl (C=O) groups is 2. The summed E-state index contributed by atoms with van der Waals surface area (Å²) >= 11 is 5.37. The molecule has 33 heavy (non-hydrogen) atoms. The second-order valence-electron chi connectivity index (χ2n) is 9.66. The number of hydrogen-bond donors (Lipinski definition) is 1. The fourth-order valence-corrected chi connectivity index (χ4v) is 5.49. The van der Waals surface area contributed by atoms with Crippen molar-refractivity contribution in [1.29, 1.82) is 0 Å². The topological polar surface area (TPSA) is 52.7 Å². The van der Waals surface area contributed by atoms with E-state index in [9.17, 15) is 9.59 Å². The predicted molar refractivity (Wildman–Crippen MR) is 139 cm³/mol. The molecule has 1 N–H and O–H groups in total. The SMILES string of the molecule is CCN1c2ccc(/C=C3\C(=O)NC(=S)N(c4cccc(C)c4C)C3=O)cc2C(C)CC1(C)C. The number of rotatable bonds is 3. The minimum absolute atomic E-state index is 0.0839. The maximum Gasteiger partial charge on any atom is 0.270 e. The van der Waals surface area contributed by atoms with E-state index in [2.05, 4.69) is 50.0 Å². The van der Waals surface area contributed by atoms with Crippen LogP contribution < -0.4 is 15.1 Å². The normalized spacial score (nSPS) is 21.3. The summed E-state index contributed by atoms with van der Waals surface area (Å²) in [5.41, 5.74) is 6.17. The Morgan fingerprint density at radius 3 is 2.58 bits per heavy atom. The summed E-state index contributed by atoms with van der Waals surface area (Å²) in [4.78, 5) is 30.1. The van der Waals surface area contributed by atoms with Gasteiger partial charge in [-0.1, -0.05) is 25.1 Å². The number of fused-ring (bicyclic) bond motifs is 1. The Morgan fingerprint density at radius 2 is 1.88 bits per heavy atom. The van der Waals surface area contributed by atoms with Crippen LogP contribution in [-0.2, 0) is 9.59 Å². The number of anilines is 2. The first kappa shape index (κ1) is 23.2. The molecule has 1 unspecified atom stereocenters. The molecule has 1 fully saturated rings. The molecule has 172 valence electrons. The fourth-order valence-electron chi connectivity index (χ4n) is 5.22. The van der Waals surface area contributed by atoms with Crippen molar-refractivity contribution in [3.05, 3.63) is 64.2 Å². The molecule has 6 heteroatoms. The average Bonchev–Trinajstić information content (AvgIpc) is 2.74. The van der Waals surface area contributed by atoms with Gasteiger partial charge in [0, 0.05) is 17.8 Å². The third kappa shape index (κ3) is 3.97. The van der Waals surface area contributed by atoms with Crippen LogP contribution in [-0.4, -0.2) is 29.0 Å². The number of amides is 2. The lowest BCUT2D eigenvalue weighted by atomic mass is 9.79. The lowest BCUT2D eigenvalue weighted by Gasteiger charge is -2.47. The van der Waals surface area contributed by atoms with Gasteiger partial charge in [0.15, 0.2) is 5.11 Å². The standard InChI is InChI=1S/C27H31N3O2S/c1-7-29-23-12-11-19(13-20(23)17(3)15-27(29,5)6)14-21-24(31)28-26(33)30(25(21)32)22-10-8-9-16(2)18(22)4/h8-14,17H,7,15H2,1-6H3,(H,28,31,33)/b21-14+. The van der Waals surface area contributed by atoms with Gasteiger partial charge in [0.1, 0.15) is 5.57 Å². The highest BCUT2D eigenvalue weighted by molar-refractivity contribution is 7.80. The van der Waals surface area contributed by atoms with E-state index in [1.165, 1.54) is 16.2 Å². The third-order valence-corrected chi connectivity index (χ3v) is 7.24. The van der Waals surface area contributed by atoms with E-state index in [1.54, 1.807) is 6.08 Å². The summed E-state index contributed by atoms with van der Waals surface area (Å²) in [6.07, 6.45) is 2.72. The van der Waals surface area contributed by atoms with Crippen LogP contribution in [0.4, 0.5) is 11.4 Å². The zero-order valence-electron chi connectivity index (χ0n) is 20.2. The molecule has 0 spiro atoms. The second kappa shape index (κ2) is 8.41. The molecule has 2 aliphatic heterocycles. The van der Waals surface area contributed by atoms with Crippen LogP contribution in [0.5, 0.6) is 0 Å². The highest BCUT2D eigenvalue weighted by Crippen LogP contribution is 2.43. The molecule has 4 rings (SSSR count). The predicted octanol–water partition coefficient (Wildman–Crippen LogP) is 5.25. The first-order valence-electron chi connectivity index (χ1n) is 11.4. The molecule has 0 radical (unpaired) electrons. The number of thiocarbonyl (C=S) groups is 1. The lowest BCUT2D eigenvalue weighted by Crippen LogP contribution is -2.54. The molecule has 2 aromatic rings. The van der Waals surface area contributed by atoms with Gasteiger partial charge in [-0.05, 0) is 106 Å². The molecule has 2 amide bonds. The summed E-state index contributed by atoms with van der Waals surface area (Å²) in [6.45, 7) is 13.8. The largest absolute Gasteiger partial charge is 0.366 e. The van der Waals surface area contributed by atoms with Gasteiger partial charge in [0.05, 0.1) is 5.69 Å². The molecule has 0 aliphatic carbocycles. The molecule has 5 nitrogen and oxygen atoms in total. The van der Waals surface area contributed by atoms with Crippen LogP contribution >= 0.6 is 12.2 Å². The van der Waals surface area contributed by atoms with E-state index in [1.807, 2.05) is 38.1 Å². The first-order chi connectivity index (χ1) is 15.5. The second-order valence-corrected chi connectivity index (χ2v) is 10.0. The number of benzene rings is 2. The number of hydrogen-bond acceptors (Lipinski definition) is 4. The number of nitrogens with one attached hydrogen (secondary N) is 1. The van der Waals surface area contributed by atoms with Crippen LogP contribution in [0.1, 0.15) is 62.3 Å². The minimum Gasteiger partial charge on any atom is -0.366 e. The summed E-state index contributed by atoms with van der Waals surface area (Å²) in [5, 5.41) is 2.80. The Labute approximate surface area is 201 Å². The highest BCUT2D eigenvalue weighted by Gasteiger charge is 2.37. The van der Waals surface area contributed by atoms with E-state index < -0.39 is 11.8 Å². The van der Waals surface area contributed by atoms with Gasteiger partial charge in [-0.2, -0.15) is 0 Å². The first-order valence-corrected chi connectivity index (χ1v) is 11.8. The van der Waals surface area contributed by atoms with Crippen LogP contribution in [0.15, 0.2) is 42.0 Å². The Bertz CT molecular complexity index is 1200. The van der Waals surface area contributed by atoms with Gasteiger partial charge in [0.2, 0.25) is 0 Å². The maximum absolute atomic E-state index is 13.5. The minimum atomic E-state index is -0.464. The van der Waals surface area contributed by atoms with Crippen molar-refractivity contribution < 1.29 is 9.59 Å². The van der Waals surface area contributed by atoms with Crippen molar-refractivity contribution in [2.75, 3.05) is 16.3 Å². The Balaban J connectivity index is 1.75. The van der Waals surface area contributed by atoms with E-state index in [4.69, 9.17) is 12.2 Å². The van der Waals surface area contributed by atoms with Gasteiger partial charge >= 0.3 is 0 Å². The van der Waals surface area contributed by atoms with Gasteiger partial charge in [-0.3, -0.25) is 19.8 Å². The van der Waals surface area contributed by atoms with Crippen molar-refractivity contribution in [3.8, 4) is 0 Å². The van der Waals surface area contributed by atoms with Crippen LogP contribution in [0.25, 0.3) is 6.08 Å². The smallest absolute Gasteiger partial charge is 0.270 e. The van der Waals surface area contributed by atoms with Gasteiger partial charge < -0.3 is 4.90 Å². The van der Waals surface area contributed by atoms with E-state index in [0.717, 1.165) is 29.7 Å². The van der Waals surface area contributed by atoms with Crippen molar-refractivity contribution >= 4 is 46.6 Å². The summed E-state index contributed by atoms with van der Waals surface area (Å²) in [6, 6.07) is 11.9. The van der Waals surface area contributed by atoms with Crippen LogP contribution in [0, 0.1) is 13.8 Å². The number of nitrogens with zero attached hydrogens (tertiary/aromatic N) is 2. The maximum atomic E-state index is 13.5. The fraction of sp³-hybridized carbons (Fsp3) is 0.370. The van der Waals surface area contributed by atoms with E-state index in [0.29, 0.717) is 11.6 Å².